The number of aryl methyl sites for hydroxylation is 4. The summed E-state index contributed by atoms with van der Waals surface area (Å²) in [6.45, 7) is 7.88. The van der Waals surface area contributed by atoms with Gasteiger partial charge in [0.05, 0.1) is 22.3 Å². The Hall–Kier alpha value is -16.6. The summed E-state index contributed by atoms with van der Waals surface area (Å²) in [5, 5.41) is 7.57. The van der Waals surface area contributed by atoms with Crippen molar-refractivity contribution in [2.45, 2.75) is 27.7 Å². The van der Waals surface area contributed by atoms with E-state index < -0.39 is 0 Å². The summed E-state index contributed by atoms with van der Waals surface area (Å²) in [7, 11) is 0. The first kappa shape index (κ1) is 83.7. The second-order valence-electron chi connectivity index (χ2n) is 33.7. The average molecular weight is 2100 g/mol. The molecule has 25 aromatic rings. The molecule has 136 heavy (non-hydrogen) atoms. The molecule has 0 saturated heterocycles. The number of pyridine rings is 8. The second kappa shape index (κ2) is 34.5. The van der Waals surface area contributed by atoms with Gasteiger partial charge in [0, 0.05) is 81.5 Å². The minimum absolute atomic E-state index is 0. The van der Waals surface area contributed by atoms with Crippen molar-refractivity contribution in [2.24, 2.45) is 0 Å². The number of hydrogen-bond donors (Lipinski definition) is 0. The van der Waals surface area contributed by atoms with Gasteiger partial charge in [-0.2, -0.15) is 5.56 Å². The van der Waals surface area contributed by atoms with E-state index in [1.54, 1.807) is 12.4 Å². The van der Waals surface area contributed by atoms with Gasteiger partial charge in [0.25, 0.3) is 0 Å². The molecule has 13 heterocycles. The van der Waals surface area contributed by atoms with E-state index in [9.17, 15) is 0 Å². The van der Waals surface area contributed by atoms with Crippen molar-refractivity contribution < 1.29 is 57.9 Å². The van der Waals surface area contributed by atoms with Crippen molar-refractivity contribution in [1.82, 2.24) is 49.8 Å². The van der Waals surface area contributed by atoms with Crippen molar-refractivity contribution in [3.05, 3.63) is 412 Å². The fraction of sp³-hybridized carbons (Fsp3) is 0.0333. The summed E-state index contributed by atoms with van der Waals surface area (Å²) in [6, 6.07) is 131. The Morgan fingerprint density at radius 2 is 0.478 bits per heavy atom. The Balaban J connectivity index is 0.00000520. The molecule has 14 nitrogen and oxygen atoms in total. The first-order chi connectivity index (χ1) is 66.0. The number of nitrogens with zero attached hydrogens (tertiary/aromatic N) is 10. The van der Waals surface area contributed by atoms with Crippen LogP contribution in [0.25, 0.3) is 267 Å². The van der Waals surface area contributed by atoms with E-state index in [4.69, 9.17) is 57.5 Å². The van der Waals surface area contributed by atoms with Gasteiger partial charge in [0.15, 0.2) is 0 Å². The van der Waals surface area contributed by atoms with Gasteiger partial charge in [-0.3, -0.25) is 12.1 Å². The molecule has 0 aliphatic carbocycles. The Kier molecular flexibility index (Phi) is 21.3. The summed E-state index contributed by atoms with van der Waals surface area (Å²) in [4.78, 5) is 49.3. The largest absolute Gasteiger partial charge is 3.00 e. The van der Waals surface area contributed by atoms with Crippen molar-refractivity contribution in [2.75, 3.05) is 0 Å². The first-order valence-electron chi connectivity index (χ1n) is 44.2. The Bertz CT molecular complexity index is 8120. The quantitative estimate of drug-likeness (QED) is 0.0833. The van der Waals surface area contributed by atoms with Gasteiger partial charge < -0.3 is 47.6 Å². The monoisotopic (exact) mass is 2100 g/mol. The molecule has 0 amide bonds. The predicted octanol–water partition coefficient (Wildman–Crippen LogP) is 29.9. The smallest absolute Gasteiger partial charge is 0.486 e. The third-order valence-corrected chi connectivity index (χ3v) is 25.4. The van der Waals surface area contributed by atoms with Crippen LogP contribution in [-0.4, -0.2) is 49.8 Å². The van der Waals surface area contributed by atoms with E-state index in [2.05, 4.69) is 283 Å². The van der Waals surface area contributed by atoms with Crippen LogP contribution >= 0.6 is 0 Å². The number of benzene rings is 12. The maximum atomic E-state index is 6.52. The zero-order valence-corrected chi connectivity index (χ0v) is 78.0. The van der Waals surface area contributed by atoms with Gasteiger partial charge in [0.1, 0.15) is 0 Å². The van der Waals surface area contributed by atoms with Crippen molar-refractivity contribution in [3.63, 3.8) is 0 Å². The van der Waals surface area contributed by atoms with Gasteiger partial charge in [-0.05, 0) is 259 Å². The fourth-order valence-electron chi connectivity index (χ4n) is 19.0. The number of furan rings is 4. The van der Waals surface area contributed by atoms with Gasteiger partial charge in [-0.25, -0.2) is 37.6 Å². The molecule has 0 aliphatic heterocycles. The van der Waals surface area contributed by atoms with Gasteiger partial charge in [-0.1, -0.05) is 213 Å². The van der Waals surface area contributed by atoms with Crippen LogP contribution in [0.1, 0.15) is 22.8 Å². The molecule has 0 unspecified atom stereocenters. The van der Waals surface area contributed by atoms with Crippen LogP contribution in [0.2, 0.25) is 0 Å². The molecular weight excluding hydrogens is 2030 g/mol. The molecule has 0 fully saturated rings. The summed E-state index contributed by atoms with van der Waals surface area (Å²) in [5.74, 6) is 0.509. The summed E-state index contributed by atoms with van der Waals surface area (Å²) in [5.41, 5.74) is 36.0. The maximum absolute atomic E-state index is 6.52. The van der Waals surface area contributed by atoms with Crippen LogP contribution in [0.3, 0.4) is 0 Å². The fourth-order valence-corrected chi connectivity index (χ4v) is 19.0. The molecule has 0 saturated carbocycles. The Morgan fingerprint density at radius 3 is 0.743 bits per heavy atom. The van der Waals surface area contributed by atoms with E-state index >= 15 is 0 Å². The van der Waals surface area contributed by atoms with E-state index in [0.717, 1.165) is 233 Å². The molecule has 0 radical (unpaired) electrons. The Morgan fingerprint density at radius 1 is 0.221 bits per heavy atom. The normalized spacial score (nSPS) is 11.6. The molecule has 0 bridgehead atoms. The van der Waals surface area contributed by atoms with Crippen LogP contribution in [0.15, 0.2) is 370 Å². The summed E-state index contributed by atoms with van der Waals surface area (Å²) >= 11 is 0. The third kappa shape index (κ3) is 14.8. The molecule has 0 spiro atoms. The SMILES string of the molecule is Cc1ccc2c(n1)oc1c(-c3ccc(-c4ccccc4-c4cc(-c5ccccc5-c5ccc(-c6[c-]ccc7c6oc6nc(C)ccc67)nc5)cc(-c5cccc(-c6cc(-c7ccccc7-c7ccc(-c8[c-]ccc9c8oc8nc(C)ccc89)nc7)cc(-c7ccccc7-c7ccc(-c8[c-]ccc9c8oc8nc(C)ccc89)nc7)c6)c5-c5c[c-]c(-c6ncccn6)[c-]c5)c4)cn3)[c-]ccc12.[Ir+3].[Ir+3]. The van der Waals surface area contributed by atoms with Gasteiger partial charge in [-0.15, -0.1) is 72.8 Å². The molecular formula is C120H70Ir2N10O4. The van der Waals surface area contributed by atoms with Crippen LogP contribution in [0.5, 0.6) is 0 Å². The Labute approximate surface area is 808 Å². The van der Waals surface area contributed by atoms with Crippen LogP contribution in [0.4, 0.5) is 0 Å². The molecule has 0 N–H and O–H groups in total. The summed E-state index contributed by atoms with van der Waals surface area (Å²) in [6.07, 6.45) is 11.3. The van der Waals surface area contributed by atoms with Crippen LogP contribution in [0, 0.1) is 64.1 Å². The first-order valence-corrected chi connectivity index (χ1v) is 44.2. The van der Waals surface area contributed by atoms with Gasteiger partial charge >= 0.3 is 40.2 Å². The molecule has 0 aliphatic rings. The molecule has 13 aromatic heterocycles. The second-order valence-corrected chi connectivity index (χ2v) is 33.7. The molecule has 12 aromatic carbocycles. The number of aromatic nitrogens is 10. The zero-order chi connectivity index (χ0) is 89.2. The molecule has 642 valence electrons. The van der Waals surface area contributed by atoms with Crippen molar-refractivity contribution in [1.29, 1.82) is 0 Å². The third-order valence-electron chi connectivity index (χ3n) is 25.4. The van der Waals surface area contributed by atoms with E-state index in [-0.39, 0.29) is 40.2 Å². The molecule has 0 atom stereocenters. The zero-order valence-electron chi connectivity index (χ0n) is 73.3. The molecule has 16 heteroatoms. The number of rotatable bonds is 16. The van der Waals surface area contributed by atoms with Crippen LogP contribution in [-0.2, 0) is 40.2 Å². The van der Waals surface area contributed by atoms with Gasteiger partial charge in [0.2, 0.25) is 22.9 Å². The van der Waals surface area contributed by atoms with E-state index in [1.165, 1.54) is 0 Å². The minimum Gasteiger partial charge on any atom is -0.486 e. The predicted molar refractivity (Wildman–Crippen MR) is 532 cm³/mol. The minimum atomic E-state index is 0. The van der Waals surface area contributed by atoms with Crippen molar-refractivity contribution in [3.8, 4) is 179 Å². The average Bonchev–Trinajstić information content (AvgIpc) is 1.42. The van der Waals surface area contributed by atoms with E-state index in [1.807, 2.05) is 131 Å². The topological polar surface area (TPSA) is 181 Å². The molecule has 25 rings (SSSR count). The van der Waals surface area contributed by atoms with E-state index in [0.29, 0.717) is 56.6 Å². The number of fused-ring (bicyclic) bond motifs is 12. The van der Waals surface area contributed by atoms with Crippen molar-refractivity contribution >= 4 is 88.3 Å². The van der Waals surface area contributed by atoms with Crippen LogP contribution < -0.4 is 0 Å². The standard InChI is InChI=1S/C120H70N10O4.2Ir/c1-69-37-49-99-95-29-14-33-103(112(95)131-117(99)127-69)107-53-45-75(65-123-107)85-19-5-9-23-89(85)79-59-80(90-24-10-6-20-86(90)76-46-54-108(124-66-76)104-34-15-30-96-100-50-38-70(2)128-118(100)132-113(96)104)62-83(61-79)93-27-13-28-94(111(93)73-41-43-74(44-42-73)116-121-57-18-58-122-116)84-63-81(91-25-11-7-21-87(91)77-47-55-109(125-67-77)105-35-16-31-97-101-51-39-71(3)129-119(101)133-114(97)105)60-82(64-84)92-26-12-8-22-88(92)78-48-56-110(126-68-78)106-36-17-32-98-102-52-40-72(4)130-120(102)134-115(98)106;;/h5-32,37-42,45-68H,1-4H3;;/q-6;2*+3. The number of hydrogen-bond acceptors (Lipinski definition) is 14. The summed E-state index contributed by atoms with van der Waals surface area (Å²) < 4.78 is 26.1. The maximum Gasteiger partial charge on any atom is 3.00 e.